The summed E-state index contributed by atoms with van der Waals surface area (Å²) in [6.45, 7) is 11.2. The third-order valence-electron chi connectivity index (χ3n) is 6.38. The maximum absolute atomic E-state index is 12.5. The molecule has 8 heteroatoms. The first kappa shape index (κ1) is 22.1. The first-order valence-corrected chi connectivity index (χ1v) is 12.4. The highest BCUT2D eigenvalue weighted by Gasteiger charge is 2.32. The average Bonchev–Trinajstić information content (AvgIpc) is 3.46. The molecule has 7 nitrogen and oxygen atoms in total. The van der Waals surface area contributed by atoms with Gasteiger partial charge >= 0.3 is 0 Å². The molecule has 0 radical (unpaired) electrons. The molecule has 2 atom stereocenters. The molecule has 3 fully saturated rings. The molecule has 0 bridgehead atoms. The average molecular weight is 436 g/mol. The van der Waals surface area contributed by atoms with Gasteiger partial charge in [0.25, 0.3) is 5.91 Å². The highest BCUT2D eigenvalue weighted by atomic mass is 32.2. The lowest BCUT2D eigenvalue weighted by Crippen LogP contribution is -2.48. The SMILES string of the molecule is CC(C)CNC1CCN(SN2CCC(NC(=O)c3cc(C4CC4)on3)CC2C)CC1. The Morgan fingerprint density at radius 1 is 1.20 bits per heavy atom. The molecule has 1 amide bonds. The van der Waals surface area contributed by atoms with Crippen molar-refractivity contribution in [2.24, 2.45) is 5.92 Å². The summed E-state index contributed by atoms with van der Waals surface area (Å²) in [7, 11) is 0. The number of carbonyl (C=O) groups is 1. The number of nitrogens with one attached hydrogen (secondary N) is 2. The first-order chi connectivity index (χ1) is 14.5. The topological polar surface area (TPSA) is 73.6 Å². The van der Waals surface area contributed by atoms with Gasteiger partial charge in [0.1, 0.15) is 5.76 Å². The number of amides is 1. The Hall–Kier alpha value is -1.09. The van der Waals surface area contributed by atoms with E-state index in [-0.39, 0.29) is 11.9 Å². The van der Waals surface area contributed by atoms with Gasteiger partial charge in [-0.25, -0.2) is 8.61 Å². The summed E-state index contributed by atoms with van der Waals surface area (Å²) >= 11 is 1.91. The van der Waals surface area contributed by atoms with E-state index in [2.05, 4.69) is 45.2 Å². The predicted octanol–water partition coefficient (Wildman–Crippen LogP) is 3.41. The minimum atomic E-state index is -0.0973. The smallest absolute Gasteiger partial charge is 0.273 e. The second kappa shape index (κ2) is 10.0. The maximum atomic E-state index is 12.5. The molecular weight excluding hydrogens is 398 g/mol. The fraction of sp³-hybridized carbons (Fsp3) is 0.818. The Morgan fingerprint density at radius 2 is 1.93 bits per heavy atom. The van der Waals surface area contributed by atoms with Crippen LogP contribution in [0.25, 0.3) is 0 Å². The Kier molecular flexibility index (Phi) is 7.39. The molecule has 1 saturated carbocycles. The van der Waals surface area contributed by atoms with Crippen molar-refractivity contribution in [3.8, 4) is 0 Å². The van der Waals surface area contributed by atoms with Gasteiger partial charge in [-0.1, -0.05) is 19.0 Å². The zero-order chi connectivity index (χ0) is 21.1. The minimum Gasteiger partial charge on any atom is -0.360 e. The molecule has 2 unspecified atom stereocenters. The van der Waals surface area contributed by atoms with Gasteiger partial charge in [-0.05, 0) is 57.9 Å². The summed E-state index contributed by atoms with van der Waals surface area (Å²) in [6.07, 6.45) is 6.69. The normalized spacial score (nSPS) is 26.9. The third kappa shape index (κ3) is 5.99. The summed E-state index contributed by atoms with van der Waals surface area (Å²) in [5, 5.41) is 10.8. The number of aromatic nitrogens is 1. The Balaban J connectivity index is 1.17. The summed E-state index contributed by atoms with van der Waals surface area (Å²) < 4.78 is 10.3. The lowest BCUT2D eigenvalue weighted by atomic mass is 10.0. The molecule has 2 N–H and O–H groups in total. The molecule has 168 valence electrons. The second-order valence-corrected chi connectivity index (χ2v) is 10.8. The van der Waals surface area contributed by atoms with Crippen LogP contribution in [0.2, 0.25) is 0 Å². The Labute approximate surface area is 184 Å². The van der Waals surface area contributed by atoms with Gasteiger partial charge in [0.15, 0.2) is 5.69 Å². The van der Waals surface area contributed by atoms with Crippen LogP contribution >= 0.6 is 12.1 Å². The lowest BCUT2D eigenvalue weighted by molar-refractivity contribution is 0.0906. The van der Waals surface area contributed by atoms with Crippen LogP contribution in [0.1, 0.15) is 81.5 Å². The molecule has 0 spiro atoms. The highest BCUT2D eigenvalue weighted by molar-refractivity contribution is 7.94. The van der Waals surface area contributed by atoms with E-state index in [9.17, 15) is 4.79 Å². The van der Waals surface area contributed by atoms with Gasteiger partial charge in [-0.15, -0.1) is 0 Å². The second-order valence-electron chi connectivity index (χ2n) is 9.66. The van der Waals surface area contributed by atoms with Crippen LogP contribution in [-0.4, -0.2) is 64.0 Å². The first-order valence-electron chi connectivity index (χ1n) is 11.7. The molecule has 1 aliphatic carbocycles. The Bertz CT molecular complexity index is 699. The summed E-state index contributed by atoms with van der Waals surface area (Å²) in [5.74, 6) is 1.96. The van der Waals surface area contributed by atoms with Gasteiger partial charge in [-0.2, -0.15) is 0 Å². The van der Waals surface area contributed by atoms with Crippen LogP contribution in [0.15, 0.2) is 10.6 Å². The van der Waals surface area contributed by atoms with Crippen molar-refractivity contribution in [3.05, 3.63) is 17.5 Å². The number of rotatable bonds is 8. The van der Waals surface area contributed by atoms with Crippen LogP contribution in [0.5, 0.6) is 0 Å². The number of hydrogen-bond donors (Lipinski definition) is 2. The quantitative estimate of drug-likeness (QED) is 0.606. The molecule has 0 aromatic carbocycles. The van der Waals surface area contributed by atoms with Crippen molar-refractivity contribution in [3.63, 3.8) is 0 Å². The van der Waals surface area contributed by atoms with Crippen LogP contribution in [-0.2, 0) is 0 Å². The Morgan fingerprint density at radius 3 is 2.60 bits per heavy atom. The predicted molar refractivity (Wildman–Crippen MR) is 120 cm³/mol. The van der Waals surface area contributed by atoms with E-state index in [4.69, 9.17) is 4.52 Å². The molecule has 2 saturated heterocycles. The largest absolute Gasteiger partial charge is 0.360 e. The zero-order valence-electron chi connectivity index (χ0n) is 18.6. The van der Waals surface area contributed by atoms with E-state index in [1.54, 1.807) is 0 Å². The highest BCUT2D eigenvalue weighted by Crippen LogP contribution is 2.40. The minimum absolute atomic E-state index is 0.0973. The molecule has 3 heterocycles. The number of hydrogen-bond acceptors (Lipinski definition) is 7. The van der Waals surface area contributed by atoms with E-state index < -0.39 is 0 Å². The van der Waals surface area contributed by atoms with Crippen molar-refractivity contribution >= 4 is 18.0 Å². The summed E-state index contributed by atoms with van der Waals surface area (Å²) in [5.41, 5.74) is 0.426. The van der Waals surface area contributed by atoms with E-state index in [1.807, 2.05) is 18.2 Å². The van der Waals surface area contributed by atoms with Gasteiger partial charge in [0.05, 0.1) is 0 Å². The van der Waals surface area contributed by atoms with Gasteiger partial charge < -0.3 is 15.2 Å². The van der Waals surface area contributed by atoms with Crippen LogP contribution in [0, 0.1) is 5.92 Å². The number of piperidine rings is 2. The summed E-state index contributed by atoms with van der Waals surface area (Å²) in [6, 6.07) is 3.13. The number of carbonyl (C=O) groups excluding carboxylic acids is 1. The monoisotopic (exact) mass is 435 g/mol. The van der Waals surface area contributed by atoms with Gasteiger partial charge in [0.2, 0.25) is 0 Å². The standard InChI is InChI=1S/C22H37N5O2S/c1-15(2)14-23-18-6-9-26(10-7-18)30-27-11-8-19(12-16(27)3)24-22(28)20-13-21(29-25-20)17-4-5-17/h13,15-19,23H,4-12,14H2,1-3H3,(H,24,28). The van der Waals surface area contributed by atoms with E-state index in [0.29, 0.717) is 29.6 Å². The fourth-order valence-electron chi connectivity index (χ4n) is 4.31. The van der Waals surface area contributed by atoms with Crippen LogP contribution in [0.3, 0.4) is 0 Å². The van der Waals surface area contributed by atoms with Crippen LogP contribution in [0.4, 0.5) is 0 Å². The summed E-state index contributed by atoms with van der Waals surface area (Å²) in [4.78, 5) is 12.5. The van der Waals surface area contributed by atoms with E-state index >= 15 is 0 Å². The molecule has 1 aromatic rings. The molecule has 3 aliphatic rings. The van der Waals surface area contributed by atoms with Crippen LogP contribution < -0.4 is 10.6 Å². The zero-order valence-corrected chi connectivity index (χ0v) is 19.4. The van der Waals surface area contributed by atoms with E-state index in [1.165, 1.54) is 12.8 Å². The molecular formula is C22H37N5O2S. The van der Waals surface area contributed by atoms with Crippen molar-refractivity contribution < 1.29 is 9.32 Å². The van der Waals surface area contributed by atoms with E-state index in [0.717, 1.165) is 57.6 Å². The van der Waals surface area contributed by atoms with Crippen molar-refractivity contribution in [1.82, 2.24) is 24.4 Å². The van der Waals surface area contributed by atoms with Crippen molar-refractivity contribution in [2.45, 2.75) is 83.3 Å². The number of nitrogens with zero attached hydrogens (tertiary/aromatic N) is 3. The van der Waals surface area contributed by atoms with Gasteiger partial charge in [-0.3, -0.25) is 4.79 Å². The third-order valence-corrected chi connectivity index (χ3v) is 7.73. The lowest BCUT2D eigenvalue weighted by Gasteiger charge is -2.41. The maximum Gasteiger partial charge on any atom is 0.273 e. The molecule has 4 rings (SSSR count). The van der Waals surface area contributed by atoms with Gasteiger partial charge in [0, 0.05) is 61.9 Å². The molecule has 1 aromatic heterocycles. The van der Waals surface area contributed by atoms with Crippen molar-refractivity contribution in [2.75, 3.05) is 26.2 Å². The van der Waals surface area contributed by atoms with Crippen molar-refractivity contribution in [1.29, 1.82) is 0 Å². The fourth-order valence-corrected chi connectivity index (χ4v) is 5.42. The molecule has 30 heavy (non-hydrogen) atoms. The molecule has 2 aliphatic heterocycles.